The summed E-state index contributed by atoms with van der Waals surface area (Å²) in [7, 11) is -4.34. The maximum absolute atomic E-state index is 11.1. The average Bonchev–Trinajstić information content (AvgIpc) is 2.37. The molecule has 0 atom stereocenters. The van der Waals surface area contributed by atoms with Crippen LogP contribution in [-0.4, -0.2) is 18.8 Å². The lowest BCUT2D eigenvalue weighted by Crippen LogP contribution is -2.27. The molecule has 0 aliphatic carbocycles. The number of hydrogen-bond donors (Lipinski definition) is 0. The van der Waals surface area contributed by atoms with E-state index in [9.17, 15) is 13.0 Å². The Morgan fingerprint density at radius 1 is 0.947 bits per heavy atom. The number of para-hydroxylation sites is 2. The lowest BCUT2D eigenvalue weighted by atomic mass is 10.2. The van der Waals surface area contributed by atoms with Gasteiger partial charge in [0, 0.05) is 9.79 Å². The van der Waals surface area contributed by atoms with Gasteiger partial charge in [-0.05, 0) is 24.3 Å². The van der Waals surface area contributed by atoms with Crippen LogP contribution in [0.3, 0.4) is 0 Å². The highest BCUT2D eigenvalue weighted by molar-refractivity contribution is 7.99. The van der Waals surface area contributed by atoms with Crippen molar-refractivity contribution in [2.45, 2.75) is 9.79 Å². The first-order chi connectivity index (χ1) is 9.04. The molecule has 0 spiro atoms. The summed E-state index contributed by atoms with van der Waals surface area (Å²) in [6.07, 6.45) is 0. The van der Waals surface area contributed by atoms with Gasteiger partial charge in [-0.25, -0.2) is 8.42 Å². The number of fused-ring (bicyclic) bond motifs is 2. The second-order valence-corrected chi connectivity index (χ2v) is 6.61. The Hall–Kier alpha value is -1.50. The van der Waals surface area contributed by atoms with Crippen molar-refractivity contribution >= 4 is 33.3 Å². The molecule has 0 radical (unpaired) electrons. The number of nitrogens with zero attached hydrogens (tertiary/aromatic N) is 1. The average molecular weight is 292 g/mol. The van der Waals surface area contributed by atoms with Crippen molar-refractivity contribution < 1.29 is 13.0 Å². The maximum Gasteiger partial charge on any atom is 0.114 e. The van der Waals surface area contributed by atoms with Gasteiger partial charge in [0.1, 0.15) is 16.0 Å². The van der Waals surface area contributed by atoms with Gasteiger partial charge in [0.25, 0.3) is 0 Å². The highest BCUT2D eigenvalue weighted by atomic mass is 32.2. The van der Waals surface area contributed by atoms with Crippen LogP contribution in [0, 0.1) is 0 Å². The Morgan fingerprint density at radius 3 is 1.89 bits per heavy atom. The minimum absolute atomic E-state index is 0.554. The first kappa shape index (κ1) is 12.5. The smallest absolute Gasteiger partial charge is 0.114 e. The number of hydrogen-bond acceptors (Lipinski definition) is 5. The van der Waals surface area contributed by atoms with E-state index < -0.39 is 16.0 Å². The molecule has 1 aliphatic rings. The van der Waals surface area contributed by atoms with Gasteiger partial charge in [-0.3, -0.25) is 0 Å². The Bertz CT molecular complexity index is 683. The van der Waals surface area contributed by atoms with Crippen LogP contribution in [0.1, 0.15) is 0 Å². The van der Waals surface area contributed by atoms with Gasteiger partial charge in [-0.1, -0.05) is 36.0 Å². The molecule has 0 amide bonds. The number of rotatable bonds is 2. The van der Waals surface area contributed by atoms with E-state index >= 15 is 0 Å². The lowest BCUT2D eigenvalue weighted by Gasteiger charge is -2.33. The van der Waals surface area contributed by atoms with Crippen molar-refractivity contribution in [2.24, 2.45) is 0 Å². The predicted molar refractivity (Wildman–Crippen MR) is 73.7 cm³/mol. The summed E-state index contributed by atoms with van der Waals surface area (Å²) in [5, 5.41) is 0. The SMILES string of the molecule is O=S(=O)([O-])CN1c2ccccc2Sc2ccccc21. The zero-order valence-electron chi connectivity index (χ0n) is 9.81. The summed E-state index contributed by atoms with van der Waals surface area (Å²) in [6.45, 7) is 0. The molecule has 0 unspecified atom stereocenters. The molecule has 4 nitrogen and oxygen atoms in total. The van der Waals surface area contributed by atoms with Crippen LogP contribution in [-0.2, 0) is 10.1 Å². The predicted octanol–water partition coefficient (Wildman–Crippen LogP) is 2.79. The van der Waals surface area contributed by atoms with Gasteiger partial charge in [-0.15, -0.1) is 0 Å². The summed E-state index contributed by atoms with van der Waals surface area (Å²) in [4.78, 5) is 3.46. The van der Waals surface area contributed by atoms with Crippen molar-refractivity contribution in [3.63, 3.8) is 0 Å². The van der Waals surface area contributed by atoms with Crippen molar-refractivity contribution in [2.75, 3.05) is 10.8 Å². The Balaban J connectivity index is 2.16. The van der Waals surface area contributed by atoms with E-state index in [4.69, 9.17) is 0 Å². The van der Waals surface area contributed by atoms with Crippen LogP contribution < -0.4 is 4.90 Å². The summed E-state index contributed by atoms with van der Waals surface area (Å²) < 4.78 is 33.3. The first-order valence-corrected chi connectivity index (χ1v) is 8.01. The highest BCUT2D eigenvalue weighted by Crippen LogP contribution is 2.47. The topological polar surface area (TPSA) is 60.4 Å². The molecule has 2 aromatic rings. The lowest BCUT2D eigenvalue weighted by molar-refractivity contribution is 0.463. The quantitative estimate of drug-likeness (QED) is 0.797. The largest absolute Gasteiger partial charge is 0.747 e. The first-order valence-electron chi connectivity index (χ1n) is 5.62. The third kappa shape index (κ3) is 2.47. The van der Waals surface area contributed by atoms with Gasteiger partial charge in [0.05, 0.1) is 11.4 Å². The molecule has 1 heterocycles. The van der Waals surface area contributed by atoms with Gasteiger partial charge >= 0.3 is 0 Å². The van der Waals surface area contributed by atoms with Crippen molar-refractivity contribution in [1.82, 2.24) is 0 Å². The summed E-state index contributed by atoms with van der Waals surface area (Å²) in [5.74, 6) is -0.554. The van der Waals surface area contributed by atoms with Crippen molar-refractivity contribution in [1.29, 1.82) is 0 Å². The third-order valence-electron chi connectivity index (χ3n) is 2.82. The summed E-state index contributed by atoms with van der Waals surface area (Å²) >= 11 is 1.57. The van der Waals surface area contributed by atoms with Crippen molar-refractivity contribution in [3.8, 4) is 0 Å². The molecule has 1 aliphatic heterocycles. The molecule has 6 heteroatoms. The molecular weight excluding hydrogens is 282 g/mol. The molecule has 19 heavy (non-hydrogen) atoms. The van der Waals surface area contributed by atoms with Gasteiger partial charge in [0.2, 0.25) is 0 Å². The zero-order valence-corrected chi connectivity index (χ0v) is 11.4. The second-order valence-electron chi connectivity index (χ2n) is 4.15. The van der Waals surface area contributed by atoms with Crippen LogP contribution >= 0.6 is 11.8 Å². The van der Waals surface area contributed by atoms with E-state index in [0.29, 0.717) is 0 Å². The monoisotopic (exact) mass is 292 g/mol. The van der Waals surface area contributed by atoms with Gasteiger partial charge in [0.15, 0.2) is 0 Å². The molecule has 0 aromatic heterocycles. The molecule has 98 valence electrons. The molecule has 0 saturated heterocycles. The van der Waals surface area contributed by atoms with Crippen LogP contribution in [0.5, 0.6) is 0 Å². The zero-order chi connectivity index (χ0) is 13.5. The standard InChI is InChI=1S/C13H11NO3S2/c15-19(16,17)9-14-10-5-1-3-7-12(10)18-13-8-4-2-6-11(13)14/h1-8H,9H2,(H,15,16,17)/p-1. The fraction of sp³-hybridized carbons (Fsp3) is 0.0769. The Morgan fingerprint density at radius 2 is 1.42 bits per heavy atom. The van der Waals surface area contributed by atoms with Crippen LogP contribution in [0.4, 0.5) is 11.4 Å². The minimum Gasteiger partial charge on any atom is -0.747 e. The minimum atomic E-state index is -4.34. The van der Waals surface area contributed by atoms with E-state index in [0.717, 1.165) is 21.2 Å². The second kappa shape index (κ2) is 4.56. The number of anilines is 2. The molecule has 0 N–H and O–H groups in total. The molecular formula is C13H10NO3S2-. The fourth-order valence-corrected chi connectivity index (χ4v) is 3.77. The van der Waals surface area contributed by atoms with Crippen LogP contribution in [0.2, 0.25) is 0 Å². The van der Waals surface area contributed by atoms with Crippen LogP contribution in [0.15, 0.2) is 58.3 Å². The Labute approximate surface area is 115 Å². The van der Waals surface area contributed by atoms with E-state index in [2.05, 4.69) is 0 Å². The van der Waals surface area contributed by atoms with Crippen LogP contribution in [0.25, 0.3) is 0 Å². The van der Waals surface area contributed by atoms with Gasteiger partial charge < -0.3 is 9.45 Å². The fourth-order valence-electron chi connectivity index (χ4n) is 2.08. The van der Waals surface area contributed by atoms with E-state index in [1.807, 2.05) is 48.5 Å². The molecule has 0 saturated carbocycles. The molecule has 0 bridgehead atoms. The molecule has 2 aromatic carbocycles. The molecule has 3 rings (SSSR count). The normalized spacial score (nSPS) is 13.8. The van der Waals surface area contributed by atoms with Crippen molar-refractivity contribution in [3.05, 3.63) is 48.5 Å². The summed E-state index contributed by atoms with van der Waals surface area (Å²) in [6, 6.07) is 14.9. The third-order valence-corrected chi connectivity index (χ3v) is 4.52. The van der Waals surface area contributed by atoms with E-state index in [1.165, 1.54) is 0 Å². The van der Waals surface area contributed by atoms with Gasteiger partial charge in [-0.2, -0.15) is 0 Å². The Kier molecular flexibility index (Phi) is 3.00. The van der Waals surface area contributed by atoms with E-state index in [1.54, 1.807) is 16.7 Å². The van der Waals surface area contributed by atoms with E-state index in [-0.39, 0.29) is 0 Å². The number of benzene rings is 2. The molecule has 0 fully saturated rings. The maximum atomic E-state index is 11.1. The highest BCUT2D eigenvalue weighted by Gasteiger charge is 2.23. The summed E-state index contributed by atoms with van der Waals surface area (Å²) in [5.41, 5.74) is 1.51.